The molecule has 11 heteroatoms. The molecule has 1 aliphatic carbocycles. The molecule has 38 heavy (non-hydrogen) atoms. The number of nitrogens with two attached hydrogens (primary N) is 1. The Hall–Kier alpha value is -2.79. The van der Waals surface area contributed by atoms with Gasteiger partial charge in [-0.2, -0.15) is 5.10 Å². The molecule has 3 aromatic heterocycles. The molecule has 1 fully saturated rings. The molecule has 0 radical (unpaired) electrons. The third kappa shape index (κ3) is 5.78. The number of ether oxygens (including phenoxy) is 1. The molecule has 0 saturated heterocycles. The van der Waals surface area contributed by atoms with Crippen molar-refractivity contribution in [2.24, 2.45) is 12.8 Å². The van der Waals surface area contributed by atoms with E-state index in [1.54, 1.807) is 10.9 Å². The number of halogens is 1. The molecule has 3 heterocycles. The summed E-state index contributed by atoms with van der Waals surface area (Å²) in [7, 11) is 0.659. The molecule has 1 aliphatic rings. The van der Waals surface area contributed by atoms with Crippen LogP contribution in [0, 0.1) is 0 Å². The molecule has 1 saturated carbocycles. The van der Waals surface area contributed by atoms with Gasteiger partial charge in [0.25, 0.3) is 5.91 Å². The molecule has 1 aromatic carbocycles. The van der Waals surface area contributed by atoms with Gasteiger partial charge in [-0.3, -0.25) is 9.48 Å². The fraction of sp³-hybridized carbons (Fsp3) is 0.481. The quantitative estimate of drug-likeness (QED) is 0.236. The molecule has 1 amide bonds. The highest BCUT2D eigenvalue weighted by Crippen LogP contribution is 2.30. The number of hydrogen-bond donors (Lipinski definition) is 2. The maximum atomic E-state index is 13.5. The predicted octanol–water partition coefficient (Wildman–Crippen LogP) is 4.95. The summed E-state index contributed by atoms with van der Waals surface area (Å²) in [5.41, 5.74) is 9.89. The first-order chi connectivity index (χ1) is 18.1. The average molecular weight is 554 g/mol. The summed E-state index contributed by atoms with van der Waals surface area (Å²) in [6.07, 6.45) is 7.11. The van der Waals surface area contributed by atoms with Gasteiger partial charge < -0.3 is 20.4 Å². The molecule has 9 nitrogen and oxygen atoms in total. The van der Waals surface area contributed by atoms with Gasteiger partial charge in [-0.25, -0.2) is 9.97 Å². The zero-order valence-electron chi connectivity index (χ0n) is 22.5. The number of benzene rings is 1. The van der Waals surface area contributed by atoms with Gasteiger partial charge in [0.15, 0.2) is 5.65 Å². The normalized spacial score (nSPS) is 18.4. The standard InChI is InChI=1S/C27H36ClN7O2Si/c1-34-23-13-17(28)5-10-20(23)24(33-34)22-14-30-26-25(32-22)21(15-35(26)16-37-11-12-38(2,3)4)27(36)31-19-8-6-18(29)7-9-19/h5,10,13-15,18-19H,6-9,11-12,16,29H2,1-4H3,(H,31,36). The minimum absolute atomic E-state index is 0.106. The van der Waals surface area contributed by atoms with Gasteiger partial charge in [-0.15, -0.1) is 0 Å². The van der Waals surface area contributed by atoms with Gasteiger partial charge in [-0.1, -0.05) is 31.2 Å². The van der Waals surface area contributed by atoms with Crippen LogP contribution in [0.4, 0.5) is 0 Å². The molecule has 5 rings (SSSR count). The lowest BCUT2D eigenvalue weighted by Crippen LogP contribution is -2.40. The summed E-state index contributed by atoms with van der Waals surface area (Å²) in [5.74, 6) is -0.152. The minimum Gasteiger partial charge on any atom is -0.361 e. The monoisotopic (exact) mass is 553 g/mol. The SMILES string of the molecule is Cn1nc(-c2cnc3c(n2)c(C(=O)NC2CCC(N)CC2)cn3COCC[Si](C)(C)C)c2ccc(Cl)cc21. The van der Waals surface area contributed by atoms with E-state index in [1.165, 1.54) is 0 Å². The van der Waals surface area contributed by atoms with Crippen molar-refractivity contribution in [2.45, 2.75) is 70.2 Å². The number of nitrogens with one attached hydrogen (secondary N) is 1. The molecule has 0 bridgehead atoms. The molecule has 0 spiro atoms. The van der Waals surface area contributed by atoms with Crippen molar-refractivity contribution >= 4 is 47.6 Å². The van der Waals surface area contributed by atoms with E-state index in [0.717, 1.165) is 42.6 Å². The summed E-state index contributed by atoms with van der Waals surface area (Å²) < 4.78 is 9.65. The van der Waals surface area contributed by atoms with Gasteiger partial charge in [0.2, 0.25) is 0 Å². The Kier molecular flexibility index (Phi) is 7.59. The number of amides is 1. The van der Waals surface area contributed by atoms with Crippen LogP contribution in [0.15, 0.2) is 30.6 Å². The number of aromatic nitrogens is 5. The van der Waals surface area contributed by atoms with Crippen molar-refractivity contribution < 1.29 is 9.53 Å². The summed E-state index contributed by atoms with van der Waals surface area (Å²) in [5, 5.41) is 9.45. The number of carbonyl (C=O) groups excluding carboxylic acids is 1. The third-order valence-corrected chi connectivity index (χ3v) is 9.14. The number of rotatable bonds is 8. The van der Waals surface area contributed by atoms with Gasteiger partial charge in [0.05, 0.1) is 17.3 Å². The second-order valence-electron chi connectivity index (χ2n) is 11.5. The van der Waals surface area contributed by atoms with E-state index in [9.17, 15) is 4.79 Å². The van der Waals surface area contributed by atoms with Crippen LogP contribution >= 0.6 is 11.6 Å². The van der Waals surface area contributed by atoms with Crippen LogP contribution in [0.1, 0.15) is 36.0 Å². The highest BCUT2D eigenvalue weighted by Gasteiger charge is 2.25. The molecule has 0 aliphatic heterocycles. The second-order valence-corrected chi connectivity index (χ2v) is 17.6. The van der Waals surface area contributed by atoms with Crippen molar-refractivity contribution in [3.8, 4) is 11.4 Å². The zero-order valence-corrected chi connectivity index (χ0v) is 24.3. The first-order valence-corrected chi connectivity index (χ1v) is 17.3. The van der Waals surface area contributed by atoms with Crippen LogP contribution in [-0.4, -0.2) is 57.0 Å². The number of carbonyl (C=O) groups is 1. The smallest absolute Gasteiger partial charge is 0.255 e. The lowest BCUT2D eigenvalue weighted by Gasteiger charge is -2.26. The molecule has 202 valence electrons. The topological polar surface area (TPSA) is 113 Å². The van der Waals surface area contributed by atoms with E-state index in [1.807, 2.05) is 36.0 Å². The largest absolute Gasteiger partial charge is 0.361 e. The Morgan fingerprint density at radius 2 is 2.00 bits per heavy atom. The lowest BCUT2D eigenvalue weighted by atomic mass is 9.92. The van der Waals surface area contributed by atoms with Crippen molar-refractivity contribution in [3.63, 3.8) is 0 Å². The zero-order chi connectivity index (χ0) is 27.0. The molecule has 0 unspecified atom stereocenters. The fourth-order valence-electron chi connectivity index (χ4n) is 4.92. The van der Waals surface area contributed by atoms with Crippen molar-refractivity contribution in [3.05, 3.63) is 41.2 Å². The molecule has 0 atom stereocenters. The van der Waals surface area contributed by atoms with Crippen molar-refractivity contribution in [1.29, 1.82) is 0 Å². The average Bonchev–Trinajstić information content (AvgIpc) is 3.40. The molecule has 4 aromatic rings. The van der Waals surface area contributed by atoms with Crippen molar-refractivity contribution in [1.82, 2.24) is 29.6 Å². The second kappa shape index (κ2) is 10.8. The van der Waals surface area contributed by atoms with E-state index in [0.29, 0.717) is 46.5 Å². The highest BCUT2D eigenvalue weighted by molar-refractivity contribution is 6.76. The first-order valence-electron chi connectivity index (χ1n) is 13.2. The number of hydrogen-bond acceptors (Lipinski definition) is 6. The summed E-state index contributed by atoms with van der Waals surface area (Å²) in [6.45, 7) is 7.96. The van der Waals surface area contributed by atoms with E-state index in [-0.39, 0.29) is 18.0 Å². The summed E-state index contributed by atoms with van der Waals surface area (Å²) >= 11 is 6.21. The summed E-state index contributed by atoms with van der Waals surface area (Å²) in [4.78, 5) is 23.2. The number of aryl methyl sites for hydroxylation is 1. The van der Waals surface area contributed by atoms with Gasteiger partial charge in [-0.05, 0) is 49.9 Å². The Morgan fingerprint density at radius 1 is 1.24 bits per heavy atom. The van der Waals surface area contributed by atoms with Crippen LogP contribution in [0.5, 0.6) is 0 Å². The van der Waals surface area contributed by atoms with E-state index >= 15 is 0 Å². The van der Waals surface area contributed by atoms with Gasteiger partial charge in [0.1, 0.15) is 23.6 Å². The van der Waals surface area contributed by atoms with E-state index in [4.69, 9.17) is 32.0 Å². The van der Waals surface area contributed by atoms with Crippen LogP contribution in [0.2, 0.25) is 30.7 Å². The van der Waals surface area contributed by atoms with Crippen molar-refractivity contribution in [2.75, 3.05) is 6.61 Å². The van der Waals surface area contributed by atoms with Crippen LogP contribution < -0.4 is 11.1 Å². The van der Waals surface area contributed by atoms with Crippen LogP contribution in [0.3, 0.4) is 0 Å². The predicted molar refractivity (Wildman–Crippen MR) is 154 cm³/mol. The molecular weight excluding hydrogens is 518 g/mol. The first kappa shape index (κ1) is 26.8. The molecular formula is C27H36ClN7O2Si. The van der Waals surface area contributed by atoms with Crippen LogP contribution in [0.25, 0.3) is 33.5 Å². The maximum Gasteiger partial charge on any atom is 0.255 e. The van der Waals surface area contributed by atoms with E-state index in [2.05, 4.69) is 30.1 Å². The Morgan fingerprint density at radius 3 is 2.74 bits per heavy atom. The maximum absolute atomic E-state index is 13.5. The number of fused-ring (bicyclic) bond motifs is 2. The fourth-order valence-corrected chi connectivity index (χ4v) is 5.84. The minimum atomic E-state index is -1.21. The Balaban J connectivity index is 1.50. The number of nitrogens with zero attached hydrogens (tertiary/aromatic N) is 5. The Bertz CT molecular complexity index is 1470. The van der Waals surface area contributed by atoms with E-state index < -0.39 is 8.07 Å². The highest BCUT2D eigenvalue weighted by atomic mass is 35.5. The van der Waals surface area contributed by atoms with Gasteiger partial charge in [0, 0.05) is 50.4 Å². The molecule has 3 N–H and O–H groups in total. The summed E-state index contributed by atoms with van der Waals surface area (Å²) in [6, 6.07) is 7.04. The van der Waals surface area contributed by atoms with Gasteiger partial charge >= 0.3 is 0 Å². The lowest BCUT2D eigenvalue weighted by molar-refractivity contribution is 0.0887. The Labute approximate surface area is 228 Å². The van der Waals surface area contributed by atoms with Crippen LogP contribution in [-0.2, 0) is 18.5 Å². The third-order valence-electron chi connectivity index (χ3n) is 7.20.